The van der Waals surface area contributed by atoms with Crippen molar-refractivity contribution in [2.24, 2.45) is 5.92 Å². The number of aliphatic hydroxyl groups is 3. The van der Waals surface area contributed by atoms with Gasteiger partial charge in [-0.3, -0.25) is 4.79 Å². The lowest BCUT2D eigenvalue weighted by Gasteiger charge is -2.06. The molecule has 128 valence electrons. The Bertz CT molecular complexity index is 141. The number of carbonyl (C=O) groups is 1. The van der Waals surface area contributed by atoms with Crippen LogP contribution in [0.4, 0.5) is 0 Å². The van der Waals surface area contributed by atoms with Crippen LogP contribution in [0.5, 0.6) is 0 Å². The largest absolute Gasteiger partial charge is 0.481 e. The maximum Gasteiger partial charge on any atom is 0.306 e. The third kappa shape index (κ3) is 53.1. The molecule has 0 radical (unpaired) electrons. The van der Waals surface area contributed by atoms with E-state index in [4.69, 9.17) is 20.4 Å². The number of hydrogen-bond donors (Lipinski definition) is 5. The minimum atomic E-state index is -0.643. The summed E-state index contributed by atoms with van der Waals surface area (Å²) < 4.78 is 0. The van der Waals surface area contributed by atoms with Gasteiger partial charge in [-0.05, 0) is 33.6 Å². The zero-order valence-corrected chi connectivity index (χ0v) is 13.9. The smallest absolute Gasteiger partial charge is 0.306 e. The van der Waals surface area contributed by atoms with Crippen molar-refractivity contribution in [3.63, 3.8) is 0 Å². The highest BCUT2D eigenvalue weighted by Gasteiger charge is 2.12. The van der Waals surface area contributed by atoms with Crippen molar-refractivity contribution < 1.29 is 25.2 Å². The van der Waals surface area contributed by atoms with E-state index >= 15 is 0 Å². The Balaban J connectivity index is -0.0000000626. The molecule has 0 rings (SSSR count). The van der Waals surface area contributed by atoms with Gasteiger partial charge in [0.1, 0.15) is 0 Å². The van der Waals surface area contributed by atoms with Gasteiger partial charge in [0.15, 0.2) is 0 Å². The standard InChI is InChI=1S/C8H16O2.3C2H6O.H3N/c1-3-5-6-7(4-2)8(9)10;3*1-2-3;/h7H,3-6H2,1-2H3,(H,9,10);3*3H,2H2,1H3;1H3. The van der Waals surface area contributed by atoms with Crippen molar-refractivity contribution in [1.29, 1.82) is 0 Å². The van der Waals surface area contributed by atoms with Gasteiger partial charge in [-0.15, -0.1) is 0 Å². The van der Waals surface area contributed by atoms with E-state index in [1.54, 1.807) is 20.8 Å². The summed E-state index contributed by atoms with van der Waals surface area (Å²) in [6, 6.07) is 0. The molecule has 0 fully saturated rings. The third-order valence-electron chi connectivity index (χ3n) is 1.75. The first-order valence-corrected chi connectivity index (χ1v) is 7.02. The van der Waals surface area contributed by atoms with Crippen molar-refractivity contribution in [3.05, 3.63) is 0 Å². The minimum absolute atomic E-state index is 0. The monoisotopic (exact) mass is 299 g/mol. The van der Waals surface area contributed by atoms with Crippen molar-refractivity contribution >= 4 is 5.97 Å². The molecule has 0 heterocycles. The molecular formula is C14H37NO5. The molecule has 0 amide bonds. The van der Waals surface area contributed by atoms with Crippen LogP contribution in [-0.2, 0) is 4.79 Å². The highest BCUT2D eigenvalue weighted by molar-refractivity contribution is 5.69. The van der Waals surface area contributed by atoms with Gasteiger partial charge in [-0.25, -0.2) is 0 Å². The maximum atomic E-state index is 10.4. The van der Waals surface area contributed by atoms with E-state index in [-0.39, 0.29) is 31.9 Å². The lowest BCUT2D eigenvalue weighted by Crippen LogP contribution is -2.11. The van der Waals surface area contributed by atoms with Gasteiger partial charge in [0.25, 0.3) is 0 Å². The molecule has 0 aromatic heterocycles. The summed E-state index contributed by atoms with van der Waals surface area (Å²) in [5.74, 6) is -0.754. The van der Waals surface area contributed by atoms with Crippen LogP contribution in [0, 0.1) is 5.92 Å². The number of unbranched alkanes of at least 4 members (excludes halogenated alkanes) is 1. The van der Waals surface area contributed by atoms with Gasteiger partial charge in [-0.1, -0.05) is 26.7 Å². The molecule has 1 atom stereocenters. The molecule has 1 unspecified atom stereocenters. The highest BCUT2D eigenvalue weighted by atomic mass is 16.4. The Hall–Kier alpha value is -0.690. The Morgan fingerprint density at radius 2 is 1.20 bits per heavy atom. The summed E-state index contributed by atoms with van der Waals surface area (Å²) in [7, 11) is 0. The van der Waals surface area contributed by atoms with Crippen molar-refractivity contribution in [2.45, 2.75) is 60.3 Å². The van der Waals surface area contributed by atoms with Gasteiger partial charge in [0.05, 0.1) is 5.92 Å². The minimum Gasteiger partial charge on any atom is -0.481 e. The molecule has 0 aliphatic heterocycles. The van der Waals surface area contributed by atoms with Gasteiger partial charge >= 0.3 is 5.97 Å². The van der Waals surface area contributed by atoms with Crippen molar-refractivity contribution in [2.75, 3.05) is 19.8 Å². The van der Waals surface area contributed by atoms with E-state index in [0.717, 1.165) is 25.7 Å². The predicted octanol–water partition coefficient (Wildman–Crippen LogP) is 2.45. The molecule has 0 saturated carbocycles. The fourth-order valence-corrected chi connectivity index (χ4v) is 0.953. The number of rotatable bonds is 5. The number of aliphatic hydroxyl groups excluding tert-OH is 3. The Morgan fingerprint density at radius 3 is 1.35 bits per heavy atom. The molecule has 0 aromatic carbocycles. The van der Waals surface area contributed by atoms with E-state index in [2.05, 4.69) is 6.92 Å². The van der Waals surface area contributed by atoms with E-state index in [1.807, 2.05) is 6.92 Å². The second kappa shape index (κ2) is 36.2. The van der Waals surface area contributed by atoms with Crippen LogP contribution in [-0.4, -0.2) is 46.2 Å². The lowest BCUT2D eigenvalue weighted by atomic mass is 10.00. The summed E-state index contributed by atoms with van der Waals surface area (Å²) in [5, 5.41) is 31.3. The first-order valence-electron chi connectivity index (χ1n) is 7.02. The molecule has 0 aliphatic rings. The molecule has 7 N–H and O–H groups in total. The number of carboxylic acid groups (broad SMARTS) is 1. The fraction of sp³-hybridized carbons (Fsp3) is 0.929. The van der Waals surface area contributed by atoms with Gasteiger partial charge in [0.2, 0.25) is 0 Å². The zero-order valence-electron chi connectivity index (χ0n) is 13.9. The molecule has 0 saturated heterocycles. The normalized spacial score (nSPS) is 9.20. The van der Waals surface area contributed by atoms with E-state index < -0.39 is 5.97 Å². The summed E-state index contributed by atoms with van der Waals surface area (Å²) >= 11 is 0. The van der Waals surface area contributed by atoms with Crippen LogP contribution in [0.15, 0.2) is 0 Å². The number of aliphatic carboxylic acids is 1. The zero-order chi connectivity index (χ0) is 16.1. The van der Waals surface area contributed by atoms with E-state index in [0.29, 0.717) is 0 Å². The summed E-state index contributed by atoms with van der Waals surface area (Å²) in [6.45, 7) is 9.79. The number of hydrogen-bond acceptors (Lipinski definition) is 5. The lowest BCUT2D eigenvalue weighted by molar-refractivity contribution is -0.142. The highest BCUT2D eigenvalue weighted by Crippen LogP contribution is 2.11. The van der Waals surface area contributed by atoms with Gasteiger partial charge < -0.3 is 26.6 Å². The van der Waals surface area contributed by atoms with Crippen LogP contribution in [0.25, 0.3) is 0 Å². The van der Waals surface area contributed by atoms with Crippen LogP contribution in [0.1, 0.15) is 60.3 Å². The van der Waals surface area contributed by atoms with Gasteiger partial charge in [-0.2, -0.15) is 0 Å². The molecule has 20 heavy (non-hydrogen) atoms. The van der Waals surface area contributed by atoms with Gasteiger partial charge in [0, 0.05) is 19.8 Å². The SMILES string of the molecule is CCCCC(CC)C(=O)O.CCO.CCO.CCO.N. The first kappa shape index (κ1) is 31.6. The number of carboxylic acids is 1. The average molecular weight is 299 g/mol. The van der Waals surface area contributed by atoms with Crippen molar-refractivity contribution in [3.8, 4) is 0 Å². The molecular weight excluding hydrogens is 262 g/mol. The van der Waals surface area contributed by atoms with Crippen LogP contribution >= 0.6 is 0 Å². The van der Waals surface area contributed by atoms with E-state index in [9.17, 15) is 4.79 Å². The summed E-state index contributed by atoms with van der Waals surface area (Å²) in [6.07, 6.45) is 3.71. The maximum absolute atomic E-state index is 10.4. The topological polar surface area (TPSA) is 133 Å². The van der Waals surface area contributed by atoms with Crippen molar-refractivity contribution in [1.82, 2.24) is 6.15 Å². The molecule has 6 nitrogen and oxygen atoms in total. The molecule has 0 spiro atoms. The Kier molecular flexibility index (Phi) is 57.2. The summed E-state index contributed by atoms with van der Waals surface area (Å²) in [4.78, 5) is 10.4. The molecule has 6 heteroatoms. The quantitative estimate of drug-likeness (QED) is 0.529. The third-order valence-corrected chi connectivity index (χ3v) is 1.75. The second-order valence-electron chi connectivity index (χ2n) is 3.53. The molecule has 0 aliphatic carbocycles. The molecule has 0 bridgehead atoms. The second-order valence-corrected chi connectivity index (χ2v) is 3.53. The van der Waals surface area contributed by atoms with E-state index in [1.165, 1.54) is 0 Å². The fourth-order valence-electron chi connectivity index (χ4n) is 0.953. The van der Waals surface area contributed by atoms with Crippen LogP contribution in [0.2, 0.25) is 0 Å². The average Bonchev–Trinajstić information content (AvgIpc) is 2.32. The summed E-state index contributed by atoms with van der Waals surface area (Å²) in [5.41, 5.74) is 0. The molecule has 0 aromatic rings. The van der Waals surface area contributed by atoms with Crippen LogP contribution < -0.4 is 6.15 Å². The Labute approximate surface area is 124 Å². The Morgan fingerprint density at radius 1 is 0.900 bits per heavy atom. The predicted molar refractivity (Wildman–Crippen MR) is 84.2 cm³/mol. The first-order chi connectivity index (χ1) is 8.96. The van der Waals surface area contributed by atoms with Crippen LogP contribution in [0.3, 0.4) is 0 Å².